The van der Waals surface area contributed by atoms with Gasteiger partial charge in [0.2, 0.25) is 5.91 Å². The van der Waals surface area contributed by atoms with Gasteiger partial charge in [0, 0.05) is 24.6 Å². The summed E-state index contributed by atoms with van der Waals surface area (Å²) in [4.78, 5) is 23.5. The Morgan fingerprint density at radius 3 is 2.77 bits per heavy atom. The number of H-pyrrole nitrogens is 1. The summed E-state index contributed by atoms with van der Waals surface area (Å²) < 4.78 is 13.0. The number of nitrogens with zero attached hydrogens (tertiary/aromatic N) is 1. The molecule has 0 saturated carbocycles. The predicted molar refractivity (Wildman–Crippen MR) is 77.5 cm³/mol. The van der Waals surface area contributed by atoms with Gasteiger partial charge in [0.1, 0.15) is 5.82 Å². The van der Waals surface area contributed by atoms with E-state index in [9.17, 15) is 14.0 Å². The molecular formula is C15H15FN4O2. The normalized spacial score (nSPS) is 17.9. The lowest BCUT2D eigenvalue weighted by molar-refractivity contribution is -0.122. The fraction of sp³-hybridized carbons (Fsp3) is 0.267. The van der Waals surface area contributed by atoms with Crippen molar-refractivity contribution < 1.29 is 14.0 Å². The molecule has 1 unspecified atom stereocenters. The molecule has 114 valence electrons. The molecule has 1 aliphatic rings. The van der Waals surface area contributed by atoms with Gasteiger partial charge in [-0.05, 0) is 30.7 Å². The standard InChI is InChI=1S/C15H15FN4O2/c16-10-3-1-9(2-4-10)14-12(8-18-20-14)15(22)19-11-5-6-13(21)17-7-11/h1-4,8,11H,5-7H2,(H,17,21)(H,18,20)(H,19,22). The van der Waals surface area contributed by atoms with Gasteiger partial charge in [-0.1, -0.05) is 0 Å². The van der Waals surface area contributed by atoms with E-state index in [-0.39, 0.29) is 23.7 Å². The van der Waals surface area contributed by atoms with Crippen molar-refractivity contribution >= 4 is 11.8 Å². The zero-order valence-electron chi connectivity index (χ0n) is 11.7. The molecule has 2 heterocycles. The second-order valence-electron chi connectivity index (χ2n) is 5.18. The van der Waals surface area contributed by atoms with Crippen molar-refractivity contribution in [3.63, 3.8) is 0 Å². The molecule has 1 fully saturated rings. The minimum Gasteiger partial charge on any atom is -0.354 e. The van der Waals surface area contributed by atoms with E-state index in [4.69, 9.17) is 0 Å². The maximum absolute atomic E-state index is 13.0. The first-order chi connectivity index (χ1) is 10.6. The first kappa shape index (κ1) is 14.2. The molecule has 22 heavy (non-hydrogen) atoms. The zero-order chi connectivity index (χ0) is 15.5. The van der Waals surface area contributed by atoms with Crippen LogP contribution >= 0.6 is 0 Å². The summed E-state index contributed by atoms with van der Waals surface area (Å²) in [5.41, 5.74) is 1.61. The van der Waals surface area contributed by atoms with Crippen LogP contribution in [0.3, 0.4) is 0 Å². The Labute approximate surface area is 126 Å². The summed E-state index contributed by atoms with van der Waals surface area (Å²) >= 11 is 0. The number of nitrogens with one attached hydrogen (secondary N) is 3. The first-order valence-corrected chi connectivity index (χ1v) is 7.00. The van der Waals surface area contributed by atoms with Crippen molar-refractivity contribution in [2.45, 2.75) is 18.9 Å². The molecule has 0 spiro atoms. The topological polar surface area (TPSA) is 86.9 Å². The third kappa shape index (κ3) is 2.98. The van der Waals surface area contributed by atoms with Crippen LogP contribution in [0.5, 0.6) is 0 Å². The molecule has 0 aliphatic carbocycles. The molecule has 2 aromatic rings. The Morgan fingerprint density at radius 1 is 1.32 bits per heavy atom. The van der Waals surface area contributed by atoms with Crippen LogP contribution in [0.1, 0.15) is 23.2 Å². The van der Waals surface area contributed by atoms with E-state index >= 15 is 0 Å². The van der Waals surface area contributed by atoms with Gasteiger partial charge in [-0.15, -0.1) is 0 Å². The first-order valence-electron chi connectivity index (χ1n) is 7.00. The van der Waals surface area contributed by atoms with E-state index in [1.165, 1.54) is 18.3 Å². The Balaban J connectivity index is 1.75. The van der Waals surface area contributed by atoms with Gasteiger partial charge in [-0.2, -0.15) is 5.10 Å². The summed E-state index contributed by atoms with van der Waals surface area (Å²) in [5.74, 6) is -0.609. The summed E-state index contributed by atoms with van der Waals surface area (Å²) in [6, 6.07) is 5.73. The molecule has 1 aliphatic heterocycles. The molecule has 1 saturated heterocycles. The van der Waals surface area contributed by atoms with E-state index < -0.39 is 0 Å². The molecule has 3 N–H and O–H groups in total. The zero-order valence-corrected chi connectivity index (χ0v) is 11.7. The van der Waals surface area contributed by atoms with Crippen molar-refractivity contribution in [3.8, 4) is 11.3 Å². The quantitative estimate of drug-likeness (QED) is 0.797. The molecule has 1 aromatic carbocycles. The fourth-order valence-electron chi connectivity index (χ4n) is 2.41. The van der Waals surface area contributed by atoms with Crippen LogP contribution in [-0.2, 0) is 4.79 Å². The summed E-state index contributed by atoms with van der Waals surface area (Å²) in [7, 11) is 0. The van der Waals surface area contributed by atoms with Gasteiger partial charge in [0.05, 0.1) is 17.5 Å². The van der Waals surface area contributed by atoms with Crippen LogP contribution in [0.15, 0.2) is 30.5 Å². The van der Waals surface area contributed by atoms with Crippen LogP contribution < -0.4 is 10.6 Å². The average molecular weight is 302 g/mol. The van der Waals surface area contributed by atoms with Crippen LogP contribution in [0.25, 0.3) is 11.3 Å². The molecule has 1 aromatic heterocycles. The maximum Gasteiger partial charge on any atom is 0.255 e. The van der Waals surface area contributed by atoms with Crippen LogP contribution in [0, 0.1) is 5.82 Å². The van der Waals surface area contributed by atoms with Crippen LogP contribution in [0.4, 0.5) is 4.39 Å². The van der Waals surface area contributed by atoms with E-state index in [1.807, 2.05) is 0 Å². The number of carbonyl (C=O) groups is 2. The second-order valence-corrected chi connectivity index (χ2v) is 5.18. The molecule has 7 heteroatoms. The lowest BCUT2D eigenvalue weighted by Crippen LogP contribution is -2.47. The number of aromatic amines is 1. The highest BCUT2D eigenvalue weighted by Crippen LogP contribution is 2.21. The van der Waals surface area contributed by atoms with E-state index in [0.717, 1.165) is 0 Å². The minimum atomic E-state index is -0.341. The fourth-order valence-corrected chi connectivity index (χ4v) is 2.41. The van der Waals surface area contributed by atoms with Crippen molar-refractivity contribution in [1.82, 2.24) is 20.8 Å². The number of benzene rings is 1. The highest BCUT2D eigenvalue weighted by Gasteiger charge is 2.22. The lowest BCUT2D eigenvalue weighted by atomic mass is 10.0. The highest BCUT2D eigenvalue weighted by molar-refractivity contribution is 6.00. The Morgan fingerprint density at radius 2 is 2.09 bits per heavy atom. The summed E-state index contributed by atoms with van der Waals surface area (Å²) in [6.07, 6.45) is 2.46. The number of rotatable bonds is 3. The number of hydrogen-bond donors (Lipinski definition) is 3. The average Bonchev–Trinajstić information content (AvgIpc) is 3.00. The number of hydrogen-bond acceptors (Lipinski definition) is 3. The van der Waals surface area contributed by atoms with Crippen LogP contribution in [0.2, 0.25) is 0 Å². The molecule has 1 atom stereocenters. The number of aromatic nitrogens is 2. The number of piperidine rings is 1. The van der Waals surface area contributed by atoms with Crippen molar-refractivity contribution in [2.75, 3.05) is 6.54 Å². The lowest BCUT2D eigenvalue weighted by Gasteiger charge is -2.23. The number of carbonyl (C=O) groups excluding carboxylic acids is 2. The van der Waals surface area contributed by atoms with E-state index in [1.54, 1.807) is 12.1 Å². The van der Waals surface area contributed by atoms with Gasteiger partial charge >= 0.3 is 0 Å². The van der Waals surface area contributed by atoms with Gasteiger partial charge in [-0.3, -0.25) is 14.7 Å². The highest BCUT2D eigenvalue weighted by atomic mass is 19.1. The third-order valence-electron chi connectivity index (χ3n) is 3.62. The molecule has 0 radical (unpaired) electrons. The summed E-state index contributed by atoms with van der Waals surface area (Å²) in [5, 5.41) is 12.3. The van der Waals surface area contributed by atoms with Crippen LogP contribution in [-0.4, -0.2) is 34.6 Å². The Kier molecular flexibility index (Phi) is 3.86. The second kappa shape index (κ2) is 5.97. The van der Waals surface area contributed by atoms with E-state index in [2.05, 4.69) is 20.8 Å². The third-order valence-corrected chi connectivity index (χ3v) is 3.62. The Hall–Kier alpha value is -2.70. The number of amides is 2. The summed E-state index contributed by atoms with van der Waals surface area (Å²) in [6.45, 7) is 0.425. The predicted octanol–water partition coefficient (Wildman–Crippen LogP) is 1.22. The number of halogens is 1. The largest absolute Gasteiger partial charge is 0.354 e. The minimum absolute atomic E-state index is 0.000751. The van der Waals surface area contributed by atoms with Gasteiger partial charge < -0.3 is 10.6 Å². The van der Waals surface area contributed by atoms with Gasteiger partial charge in [0.15, 0.2) is 0 Å². The Bertz CT molecular complexity index is 686. The van der Waals surface area contributed by atoms with Crippen molar-refractivity contribution in [1.29, 1.82) is 0 Å². The van der Waals surface area contributed by atoms with Crippen molar-refractivity contribution in [2.24, 2.45) is 0 Å². The smallest absolute Gasteiger partial charge is 0.255 e. The monoisotopic (exact) mass is 302 g/mol. The molecule has 3 rings (SSSR count). The molecule has 0 bridgehead atoms. The van der Waals surface area contributed by atoms with Gasteiger partial charge in [-0.25, -0.2) is 4.39 Å². The maximum atomic E-state index is 13.0. The molecule has 2 amide bonds. The molecule has 6 nitrogen and oxygen atoms in total. The van der Waals surface area contributed by atoms with Gasteiger partial charge in [0.25, 0.3) is 5.91 Å². The molecular weight excluding hydrogens is 287 g/mol. The SMILES string of the molecule is O=C1CCC(NC(=O)c2cn[nH]c2-c2ccc(F)cc2)CN1. The van der Waals surface area contributed by atoms with Crippen molar-refractivity contribution in [3.05, 3.63) is 41.8 Å². The van der Waals surface area contributed by atoms with E-state index in [0.29, 0.717) is 36.2 Å².